The second-order valence-electron chi connectivity index (χ2n) is 3.38. The molecular formula is C10H11BrN4OS. The molecule has 0 amide bonds. The molecular weight excluding hydrogens is 304 g/mol. The topological polar surface area (TPSA) is 64.7 Å². The second-order valence-corrected chi connectivity index (χ2v) is 5.17. The smallest absolute Gasteiger partial charge is 0.282 e. The van der Waals surface area contributed by atoms with Gasteiger partial charge in [-0.1, -0.05) is 6.92 Å². The second kappa shape index (κ2) is 5.59. The summed E-state index contributed by atoms with van der Waals surface area (Å²) in [6, 6.07) is 1.84. The summed E-state index contributed by atoms with van der Waals surface area (Å²) in [5.74, 6) is 1.37. The van der Waals surface area contributed by atoms with Crippen LogP contribution in [0.3, 0.4) is 0 Å². The Morgan fingerprint density at radius 1 is 1.35 bits per heavy atom. The SMILES string of the molecule is CCCc1nc(Br)cc(Sc2nnc(C)o2)n1. The largest absolute Gasteiger partial charge is 0.416 e. The fraction of sp³-hybridized carbons (Fsp3) is 0.400. The van der Waals surface area contributed by atoms with E-state index in [4.69, 9.17) is 4.42 Å². The lowest BCUT2D eigenvalue weighted by molar-refractivity contribution is 0.429. The Labute approximate surface area is 112 Å². The molecule has 0 unspecified atom stereocenters. The molecule has 0 saturated carbocycles. The molecule has 2 rings (SSSR count). The van der Waals surface area contributed by atoms with Crippen molar-refractivity contribution in [1.82, 2.24) is 20.2 Å². The molecule has 2 aromatic heterocycles. The number of nitrogens with zero attached hydrogens (tertiary/aromatic N) is 4. The molecule has 2 aromatic rings. The predicted molar refractivity (Wildman–Crippen MR) is 66.9 cm³/mol. The van der Waals surface area contributed by atoms with Crippen LogP contribution < -0.4 is 0 Å². The van der Waals surface area contributed by atoms with Crippen LogP contribution in [-0.2, 0) is 6.42 Å². The molecule has 0 fully saturated rings. The lowest BCUT2D eigenvalue weighted by Gasteiger charge is -2.01. The van der Waals surface area contributed by atoms with Gasteiger partial charge in [-0.3, -0.25) is 0 Å². The molecule has 2 heterocycles. The van der Waals surface area contributed by atoms with Gasteiger partial charge in [-0.25, -0.2) is 9.97 Å². The lowest BCUT2D eigenvalue weighted by atomic mass is 10.3. The zero-order valence-electron chi connectivity index (χ0n) is 9.47. The van der Waals surface area contributed by atoms with Crippen molar-refractivity contribution < 1.29 is 4.42 Å². The van der Waals surface area contributed by atoms with Gasteiger partial charge in [0.25, 0.3) is 5.22 Å². The van der Waals surface area contributed by atoms with Crippen molar-refractivity contribution in [3.63, 3.8) is 0 Å². The van der Waals surface area contributed by atoms with Crippen molar-refractivity contribution in [1.29, 1.82) is 0 Å². The molecule has 0 aromatic carbocycles. The minimum Gasteiger partial charge on any atom is -0.416 e. The maximum atomic E-state index is 5.29. The van der Waals surface area contributed by atoms with Crippen LogP contribution in [0.1, 0.15) is 25.1 Å². The summed E-state index contributed by atoms with van der Waals surface area (Å²) in [5, 5.41) is 8.99. The molecule has 0 radical (unpaired) electrons. The van der Waals surface area contributed by atoms with E-state index in [1.807, 2.05) is 6.07 Å². The lowest BCUT2D eigenvalue weighted by Crippen LogP contribution is -1.96. The number of hydrogen-bond donors (Lipinski definition) is 0. The molecule has 0 aliphatic heterocycles. The highest BCUT2D eigenvalue weighted by Crippen LogP contribution is 2.26. The first kappa shape index (κ1) is 12.5. The van der Waals surface area contributed by atoms with Gasteiger partial charge in [0.05, 0.1) is 0 Å². The van der Waals surface area contributed by atoms with Gasteiger partial charge in [0, 0.05) is 19.4 Å². The van der Waals surface area contributed by atoms with E-state index in [2.05, 4.69) is 43.0 Å². The Morgan fingerprint density at radius 3 is 2.82 bits per heavy atom. The average molecular weight is 315 g/mol. The molecule has 17 heavy (non-hydrogen) atoms. The first-order chi connectivity index (χ1) is 8.17. The molecule has 0 aliphatic carbocycles. The Balaban J connectivity index is 2.20. The van der Waals surface area contributed by atoms with Gasteiger partial charge in [-0.05, 0) is 34.1 Å². The Kier molecular flexibility index (Phi) is 4.11. The average Bonchev–Trinajstić information content (AvgIpc) is 2.63. The highest BCUT2D eigenvalue weighted by atomic mass is 79.9. The van der Waals surface area contributed by atoms with Crippen LogP contribution in [0.25, 0.3) is 0 Å². The molecule has 0 aliphatic rings. The Bertz CT molecular complexity index is 517. The third-order valence-electron chi connectivity index (χ3n) is 1.89. The zero-order valence-corrected chi connectivity index (χ0v) is 11.9. The number of hydrogen-bond acceptors (Lipinski definition) is 6. The van der Waals surface area contributed by atoms with E-state index >= 15 is 0 Å². The van der Waals surface area contributed by atoms with Crippen LogP contribution in [0.15, 0.2) is 25.3 Å². The van der Waals surface area contributed by atoms with Crippen LogP contribution in [0.5, 0.6) is 0 Å². The summed E-state index contributed by atoms with van der Waals surface area (Å²) in [6.07, 6.45) is 1.87. The maximum absolute atomic E-state index is 5.29. The predicted octanol–water partition coefficient (Wildman–Crippen LogP) is 3.03. The van der Waals surface area contributed by atoms with E-state index < -0.39 is 0 Å². The minimum absolute atomic E-state index is 0.496. The quantitative estimate of drug-likeness (QED) is 0.808. The Hall–Kier alpha value is -0.950. The van der Waals surface area contributed by atoms with E-state index in [0.717, 1.165) is 28.3 Å². The maximum Gasteiger partial charge on any atom is 0.282 e. The molecule has 0 saturated heterocycles. The summed E-state index contributed by atoms with van der Waals surface area (Å²) in [7, 11) is 0. The summed E-state index contributed by atoms with van der Waals surface area (Å²) in [4.78, 5) is 8.72. The van der Waals surface area contributed by atoms with Gasteiger partial charge in [0.2, 0.25) is 5.89 Å². The van der Waals surface area contributed by atoms with Crippen LogP contribution in [-0.4, -0.2) is 20.2 Å². The molecule has 5 nitrogen and oxygen atoms in total. The van der Waals surface area contributed by atoms with Gasteiger partial charge in [0.1, 0.15) is 15.5 Å². The van der Waals surface area contributed by atoms with Crippen molar-refractivity contribution in [2.75, 3.05) is 0 Å². The van der Waals surface area contributed by atoms with Crippen molar-refractivity contribution in [3.05, 3.63) is 22.4 Å². The van der Waals surface area contributed by atoms with E-state index in [-0.39, 0.29) is 0 Å². The fourth-order valence-electron chi connectivity index (χ4n) is 1.24. The fourth-order valence-corrected chi connectivity index (χ4v) is 2.56. The normalized spacial score (nSPS) is 10.8. The van der Waals surface area contributed by atoms with Crippen molar-refractivity contribution in [2.45, 2.75) is 36.9 Å². The molecule has 7 heteroatoms. The van der Waals surface area contributed by atoms with Crippen molar-refractivity contribution in [3.8, 4) is 0 Å². The van der Waals surface area contributed by atoms with Crippen LogP contribution in [0.4, 0.5) is 0 Å². The van der Waals surface area contributed by atoms with Crippen LogP contribution in [0.2, 0.25) is 0 Å². The van der Waals surface area contributed by atoms with Gasteiger partial charge in [-0.15, -0.1) is 10.2 Å². The summed E-state index contributed by atoms with van der Waals surface area (Å²) < 4.78 is 6.07. The number of halogens is 1. The zero-order chi connectivity index (χ0) is 12.3. The number of aromatic nitrogens is 4. The molecule has 90 valence electrons. The van der Waals surface area contributed by atoms with Gasteiger partial charge < -0.3 is 4.42 Å². The van der Waals surface area contributed by atoms with E-state index in [0.29, 0.717) is 11.1 Å². The van der Waals surface area contributed by atoms with E-state index in [1.165, 1.54) is 11.8 Å². The molecule has 0 atom stereocenters. The number of aryl methyl sites for hydroxylation is 2. The monoisotopic (exact) mass is 314 g/mol. The Morgan fingerprint density at radius 2 is 2.18 bits per heavy atom. The first-order valence-corrected chi connectivity index (χ1v) is 6.79. The molecule has 0 spiro atoms. The standard InChI is InChI=1S/C10H11BrN4OS/c1-3-4-8-12-7(11)5-9(13-8)17-10-15-14-6(2)16-10/h5H,3-4H2,1-2H3. The first-order valence-electron chi connectivity index (χ1n) is 5.19. The van der Waals surface area contributed by atoms with Crippen molar-refractivity contribution in [2.24, 2.45) is 0 Å². The van der Waals surface area contributed by atoms with E-state index in [1.54, 1.807) is 6.92 Å². The van der Waals surface area contributed by atoms with Crippen LogP contribution >= 0.6 is 27.7 Å². The summed E-state index contributed by atoms with van der Waals surface area (Å²) in [5.41, 5.74) is 0. The minimum atomic E-state index is 0.496. The highest BCUT2D eigenvalue weighted by Gasteiger charge is 2.09. The summed E-state index contributed by atoms with van der Waals surface area (Å²) in [6.45, 7) is 3.86. The summed E-state index contributed by atoms with van der Waals surface area (Å²) >= 11 is 4.71. The number of rotatable bonds is 4. The highest BCUT2D eigenvalue weighted by molar-refractivity contribution is 9.10. The molecule has 0 bridgehead atoms. The third kappa shape index (κ3) is 3.50. The van der Waals surface area contributed by atoms with E-state index in [9.17, 15) is 0 Å². The van der Waals surface area contributed by atoms with Gasteiger partial charge >= 0.3 is 0 Å². The van der Waals surface area contributed by atoms with Crippen molar-refractivity contribution >= 4 is 27.7 Å². The van der Waals surface area contributed by atoms with Gasteiger partial charge in [0.15, 0.2) is 0 Å². The third-order valence-corrected chi connectivity index (χ3v) is 3.05. The van der Waals surface area contributed by atoms with Gasteiger partial charge in [-0.2, -0.15) is 0 Å². The van der Waals surface area contributed by atoms with Crippen LogP contribution in [0, 0.1) is 6.92 Å². The molecule has 0 N–H and O–H groups in total.